The average Bonchev–Trinajstić information content (AvgIpc) is 2.97. The molecule has 1 aliphatic heterocycles. The van der Waals surface area contributed by atoms with E-state index in [0.29, 0.717) is 11.5 Å². The standard InChI is InChI=1S/C22H23BrN2O4/c1-4-14(2)29-19-10-7-16(12-20(19)28-3)11-18-21(26)25(22(27)24-18)13-15-5-8-17(23)9-6-15/h5-12,14H,4,13H2,1-3H3,(H,24,27). The number of amides is 3. The number of hydrogen-bond acceptors (Lipinski definition) is 4. The molecule has 0 radical (unpaired) electrons. The van der Waals surface area contributed by atoms with E-state index in [4.69, 9.17) is 9.47 Å². The molecule has 7 heteroatoms. The molecule has 1 atom stereocenters. The van der Waals surface area contributed by atoms with E-state index in [-0.39, 0.29) is 24.3 Å². The van der Waals surface area contributed by atoms with Crippen LogP contribution in [-0.4, -0.2) is 30.1 Å². The number of urea groups is 1. The second-order valence-corrected chi connectivity index (χ2v) is 7.67. The number of nitrogens with one attached hydrogen (secondary N) is 1. The van der Waals surface area contributed by atoms with Crippen LogP contribution >= 0.6 is 15.9 Å². The van der Waals surface area contributed by atoms with Gasteiger partial charge in [-0.15, -0.1) is 0 Å². The number of carbonyl (C=O) groups is 2. The Bertz CT molecular complexity index is 940. The smallest absolute Gasteiger partial charge is 0.329 e. The minimum absolute atomic E-state index is 0.0657. The Labute approximate surface area is 178 Å². The Kier molecular flexibility index (Phi) is 6.59. The lowest BCUT2D eigenvalue weighted by atomic mass is 10.1. The van der Waals surface area contributed by atoms with E-state index in [1.807, 2.05) is 44.2 Å². The van der Waals surface area contributed by atoms with Gasteiger partial charge < -0.3 is 14.8 Å². The molecule has 1 N–H and O–H groups in total. The summed E-state index contributed by atoms with van der Waals surface area (Å²) in [6, 6.07) is 12.5. The maximum absolute atomic E-state index is 12.7. The summed E-state index contributed by atoms with van der Waals surface area (Å²) >= 11 is 3.37. The van der Waals surface area contributed by atoms with Crippen LogP contribution in [0.2, 0.25) is 0 Å². The van der Waals surface area contributed by atoms with Crippen molar-refractivity contribution in [2.45, 2.75) is 32.9 Å². The van der Waals surface area contributed by atoms with Crippen LogP contribution in [0.15, 0.2) is 52.6 Å². The number of ether oxygens (including phenoxy) is 2. The zero-order chi connectivity index (χ0) is 21.0. The highest BCUT2D eigenvalue weighted by atomic mass is 79.9. The largest absolute Gasteiger partial charge is 0.493 e. The molecule has 1 fully saturated rings. The van der Waals surface area contributed by atoms with Crippen molar-refractivity contribution < 1.29 is 19.1 Å². The predicted molar refractivity (Wildman–Crippen MR) is 115 cm³/mol. The number of carbonyl (C=O) groups excluding carboxylic acids is 2. The molecule has 1 unspecified atom stereocenters. The quantitative estimate of drug-likeness (QED) is 0.480. The highest BCUT2D eigenvalue weighted by molar-refractivity contribution is 9.10. The summed E-state index contributed by atoms with van der Waals surface area (Å²) in [5, 5.41) is 2.64. The molecule has 0 spiro atoms. The molecule has 2 aromatic carbocycles. The molecule has 3 rings (SSSR count). The summed E-state index contributed by atoms with van der Waals surface area (Å²) in [5.41, 5.74) is 1.82. The Morgan fingerprint density at radius 1 is 1.14 bits per heavy atom. The molecular weight excluding hydrogens is 436 g/mol. The van der Waals surface area contributed by atoms with Crippen LogP contribution in [0.5, 0.6) is 11.5 Å². The van der Waals surface area contributed by atoms with Gasteiger partial charge in [0.15, 0.2) is 11.5 Å². The normalized spacial score (nSPS) is 16.1. The average molecular weight is 459 g/mol. The van der Waals surface area contributed by atoms with E-state index in [9.17, 15) is 9.59 Å². The van der Waals surface area contributed by atoms with Gasteiger partial charge in [0.25, 0.3) is 5.91 Å². The zero-order valence-corrected chi connectivity index (χ0v) is 18.2. The molecule has 1 aliphatic rings. The molecule has 0 aliphatic carbocycles. The third kappa shape index (κ3) is 4.98. The molecule has 2 aromatic rings. The third-order valence-corrected chi connectivity index (χ3v) is 5.15. The molecule has 152 valence electrons. The molecule has 0 aromatic heterocycles. The fraction of sp³-hybridized carbons (Fsp3) is 0.273. The van der Waals surface area contributed by atoms with Crippen molar-refractivity contribution in [3.63, 3.8) is 0 Å². The molecule has 1 heterocycles. The number of nitrogens with zero attached hydrogens (tertiary/aromatic N) is 1. The van der Waals surface area contributed by atoms with Crippen LogP contribution in [0.4, 0.5) is 4.79 Å². The fourth-order valence-corrected chi connectivity index (χ4v) is 3.09. The van der Waals surface area contributed by atoms with Gasteiger partial charge in [-0.3, -0.25) is 9.69 Å². The topological polar surface area (TPSA) is 67.9 Å². The van der Waals surface area contributed by atoms with Crippen LogP contribution in [0.25, 0.3) is 6.08 Å². The van der Waals surface area contributed by atoms with Crippen molar-refractivity contribution >= 4 is 33.9 Å². The Morgan fingerprint density at radius 2 is 1.86 bits per heavy atom. The highest BCUT2D eigenvalue weighted by Crippen LogP contribution is 2.30. The number of benzene rings is 2. The van der Waals surface area contributed by atoms with E-state index in [1.165, 1.54) is 4.90 Å². The first-order valence-electron chi connectivity index (χ1n) is 9.35. The first-order valence-corrected chi connectivity index (χ1v) is 10.1. The van der Waals surface area contributed by atoms with Gasteiger partial charge in [-0.05, 0) is 54.8 Å². The summed E-state index contributed by atoms with van der Waals surface area (Å²) in [6.45, 7) is 4.24. The Hall–Kier alpha value is -2.80. The molecule has 29 heavy (non-hydrogen) atoms. The van der Waals surface area contributed by atoms with Gasteiger partial charge in [0.05, 0.1) is 19.8 Å². The van der Waals surface area contributed by atoms with E-state index in [1.54, 1.807) is 25.3 Å². The van der Waals surface area contributed by atoms with Gasteiger partial charge in [0, 0.05) is 4.47 Å². The summed E-state index contributed by atoms with van der Waals surface area (Å²) < 4.78 is 12.2. The van der Waals surface area contributed by atoms with Crippen molar-refractivity contribution in [2.75, 3.05) is 7.11 Å². The Morgan fingerprint density at radius 3 is 2.52 bits per heavy atom. The minimum Gasteiger partial charge on any atom is -0.493 e. The third-order valence-electron chi connectivity index (χ3n) is 4.62. The summed E-state index contributed by atoms with van der Waals surface area (Å²) in [6.07, 6.45) is 2.58. The SMILES string of the molecule is CCC(C)Oc1ccc(C=C2NC(=O)N(Cc3ccc(Br)cc3)C2=O)cc1OC. The lowest BCUT2D eigenvalue weighted by Crippen LogP contribution is -2.30. The molecule has 0 bridgehead atoms. The molecule has 3 amide bonds. The Balaban J connectivity index is 1.79. The molecule has 0 saturated carbocycles. The highest BCUT2D eigenvalue weighted by Gasteiger charge is 2.33. The lowest BCUT2D eigenvalue weighted by molar-refractivity contribution is -0.123. The maximum Gasteiger partial charge on any atom is 0.329 e. The van der Waals surface area contributed by atoms with Gasteiger partial charge in [-0.1, -0.05) is 41.1 Å². The molecule has 1 saturated heterocycles. The summed E-state index contributed by atoms with van der Waals surface area (Å²) in [5.74, 6) is 0.850. The fourth-order valence-electron chi connectivity index (χ4n) is 2.83. The van der Waals surface area contributed by atoms with Crippen LogP contribution < -0.4 is 14.8 Å². The summed E-state index contributed by atoms with van der Waals surface area (Å²) in [7, 11) is 1.57. The number of hydrogen-bond donors (Lipinski definition) is 1. The van der Waals surface area contributed by atoms with Crippen LogP contribution in [0.3, 0.4) is 0 Å². The van der Waals surface area contributed by atoms with Crippen molar-refractivity contribution in [1.82, 2.24) is 10.2 Å². The monoisotopic (exact) mass is 458 g/mol. The van der Waals surface area contributed by atoms with Gasteiger partial charge in [-0.2, -0.15) is 0 Å². The summed E-state index contributed by atoms with van der Waals surface area (Å²) in [4.78, 5) is 26.2. The maximum atomic E-state index is 12.7. The predicted octanol–water partition coefficient (Wildman–Crippen LogP) is 4.73. The molecular formula is C22H23BrN2O4. The number of imide groups is 1. The second kappa shape index (κ2) is 9.13. The first kappa shape index (κ1) is 20.9. The van der Waals surface area contributed by atoms with Crippen molar-refractivity contribution in [3.05, 3.63) is 63.8 Å². The van der Waals surface area contributed by atoms with Crippen LogP contribution in [0.1, 0.15) is 31.4 Å². The second-order valence-electron chi connectivity index (χ2n) is 6.75. The van der Waals surface area contributed by atoms with Gasteiger partial charge in [0.1, 0.15) is 5.70 Å². The number of rotatable bonds is 7. The van der Waals surface area contributed by atoms with Crippen molar-refractivity contribution in [2.24, 2.45) is 0 Å². The van der Waals surface area contributed by atoms with Crippen molar-refractivity contribution in [3.8, 4) is 11.5 Å². The van der Waals surface area contributed by atoms with Gasteiger partial charge >= 0.3 is 6.03 Å². The minimum atomic E-state index is -0.437. The van der Waals surface area contributed by atoms with Gasteiger partial charge in [0.2, 0.25) is 0 Å². The van der Waals surface area contributed by atoms with E-state index < -0.39 is 6.03 Å². The van der Waals surface area contributed by atoms with E-state index in [2.05, 4.69) is 21.2 Å². The van der Waals surface area contributed by atoms with Gasteiger partial charge in [-0.25, -0.2) is 4.79 Å². The zero-order valence-electron chi connectivity index (χ0n) is 16.6. The molecule has 6 nitrogen and oxygen atoms in total. The first-order chi connectivity index (χ1) is 13.9. The lowest BCUT2D eigenvalue weighted by Gasteiger charge is -2.15. The number of methoxy groups -OCH3 is 1. The van der Waals surface area contributed by atoms with Crippen LogP contribution in [0, 0.1) is 0 Å². The van der Waals surface area contributed by atoms with Crippen molar-refractivity contribution in [1.29, 1.82) is 0 Å². The van der Waals surface area contributed by atoms with E-state index >= 15 is 0 Å². The van der Waals surface area contributed by atoms with E-state index in [0.717, 1.165) is 22.0 Å². The number of halogens is 1. The van der Waals surface area contributed by atoms with Crippen LogP contribution in [-0.2, 0) is 11.3 Å².